The summed E-state index contributed by atoms with van der Waals surface area (Å²) >= 11 is 5.83. The Labute approximate surface area is 123 Å². The molecule has 0 spiro atoms. The maximum atomic E-state index is 13.1. The van der Waals surface area contributed by atoms with Crippen LogP contribution in [0.3, 0.4) is 0 Å². The van der Waals surface area contributed by atoms with Gasteiger partial charge in [0, 0.05) is 19.1 Å². The van der Waals surface area contributed by atoms with Crippen LogP contribution in [0.4, 0.5) is 4.39 Å². The Morgan fingerprint density at radius 1 is 1.55 bits per heavy atom. The lowest BCUT2D eigenvalue weighted by atomic mass is 10.0. The minimum Gasteiger partial charge on any atom is -0.349 e. The number of likely N-dealkylation sites (tertiary alicyclic amines) is 1. The van der Waals surface area contributed by atoms with Gasteiger partial charge in [0.25, 0.3) is 5.91 Å². The minimum atomic E-state index is -0.558. The molecule has 6 heteroatoms. The van der Waals surface area contributed by atoms with Crippen LogP contribution in [0.15, 0.2) is 12.3 Å². The molecule has 1 aromatic rings. The van der Waals surface area contributed by atoms with E-state index in [0.717, 1.165) is 51.2 Å². The predicted octanol–water partition coefficient (Wildman–Crippen LogP) is 2.48. The molecule has 2 rings (SSSR count). The molecule has 1 aliphatic rings. The van der Waals surface area contributed by atoms with Gasteiger partial charge < -0.3 is 10.2 Å². The lowest BCUT2D eigenvalue weighted by Gasteiger charge is -2.32. The number of rotatable bonds is 4. The molecule has 110 valence electrons. The molecule has 1 fully saturated rings. The van der Waals surface area contributed by atoms with E-state index < -0.39 is 5.82 Å². The molecule has 0 atom stereocenters. The van der Waals surface area contributed by atoms with Gasteiger partial charge in [-0.15, -0.1) is 0 Å². The van der Waals surface area contributed by atoms with Gasteiger partial charge in [-0.2, -0.15) is 0 Å². The van der Waals surface area contributed by atoms with Gasteiger partial charge in [0.1, 0.15) is 11.0 Å². The van der Waals surface area contributed by atoms with Crippen LogP contribution in [-0.2, 0) is 0 Å². The molecule has 20 heavy (non-hydrogen) atoms. The summed E-state index contributed by atoms with van der Waals surface area (Å²) < 4.78 is 13.1. The van der Waals surface area contributed by atoms with Crippen molar-refractivity contribution in [1.29, 1.82) is 0 Å². The van der Waals surface area contributed by atoms with Crippen LogP contribution in [0, 0.1) is 5.82 Å². The number of pyridine rings is 1. The molecule has 1 N–H and O–H groups in total. The van der Waals surface area contributed by atoms with E-state index in [9.17, 15) is 9.18 Å². The second-order valence-electron chi connectivity index (χ2n) is 5.08. The third kappa shape index (κ3) is 3.90. The van der Waals surface area contributed by atoms with Crippen molar-refractivity contribution in [3.05, 3.63) is 28.8 Å². The van der Waals surface area contributed by atoms with E-state index in [2.05, 4.69) is 22.1 Å². The Kier molecular flexibility index (Phi) is 5.31. The van der Waals surface area contributed by atoms with Crippen molar-refractivity contribution in [3.63, 3.8) is 0 Å². The summed E-state index contributed by atoms with van der Waals surface area (Å²) in [6, 6.07) is 1.24. The summed E-state index contributed by atoms with van der Waals surface area (Å²) in [5, 5.41) is 2.94. The van der Waals surface area contributed by atoms with E-state index in [1.54, 1.807) is 0 Å². The fourth-order valence-corrected chi connectivity index (χ4v) is 2.65. The first-order valence-corrected chi connectivity index (χ1v) is 7.32. The summed E-state index contributed by atoms with van der Waals surface area (Å²) in [4.78, 5) is 18.1. The number of nitrogens with one attached hydrogen (secondary N) is 1. The largest absolute Gasteiger partial charge is 0.349 e. The smallest absolute Gasteiger partial charge is 0.254 e. The van der Waals surface area contributed by atoms with Gasteiger partial charge in [-0.25, -0.2) is 9.37 Å². The highest BCUT2D eigenvalue weighted by molar-refractivity contribution is 6.32. The molecule has 1 aromatic heterocycles. The van der Waals surface area contributed by atoms with Crippen LogP contribution in [0.2, 0.25) is 5.15 Å². The third-order valence-corrected chi connectivity index (χ3v) is 3.81. The quantitative estimate of drug-likeness (QED) is 0.869. The molecule has 4 nitrogen and oxygen atoms in total. The van der Waals surface area contributed by atoms with Gasteiger partial charge in [-0.3, -0.25) is 4.79 Å². The summed E-state index contributed by atoms with van der Waals surface area (Å²) in [7, 11) is 0. The number of hydrogen-bond donors (Lipinski definition) is 1. The molecule has 0 aliphatic carbocycles. The summed E-state index contributed by atoms with van der Waals surface area (Å²) in [5.74, 6) is -0.909. The van der Waals surface area contributed by atoms with Crippen LogP contribution >= 0.6 is 11.6 Å². The van der Waals surface area contributed by atoms with Gasteiger partial charge in [-0.05, 0) is 31.9 Å². The Morgan fingerprint density at radius 3 is 2.90 bits per heavy atom. The highest BCUT2D eigenvalue weighted by Crippen LogP contribution is 2.16. The zero-order valence-corrected chi connectivity index (χ0v) is 12.3. The first-order valence-electron chi connectivity index (χ1n) is 6.94. The SMILES string of the molecule is CCCN1CCC(NC(=O)c2cc(F)cnc2Cl)CC1. The maximum Gasteiger partial charge on any atom is 0.254 e. The van der Waals surface area contributed by atoms with E-state index >= 15 is 0 Å². The molecule has 0 saturated carbocycles. The van der Waals surface area contributed by atoms with E-state index in [1.165, 1.54) is 0 Å². The van der Waals surface area contributed by atoms with Gasteiger partial charge in [0.15, 0.2) is 0 Å². The average Bonchev–Trinajstić information content (AvgIpc) is 2.44. The molecule has 0 bridgehead atoms. The molecule has 0 radical (unpaired) electrons. The van der Waals surface area contributed by atoms with Crippen molar-refractivity contribution in [1.82, 2.24) is 15.2 Å². The van der Waals surface area contributed by atoms with Crippen LogP contribution in [0.25, 0.3) is 0 Å². The van der Waals surface area contributed by atoms with Crippen molar-refractivity contribution in [3.8, 4) is 0 Å². The van der Waals surface area contributed by atoms with Crippen LogP contribution in [0.5, 0.6) is 0 Å². The first-order chi connectivity index (χ1) is 9.60. The van der Waals surface area contributed by atoms with Crippen molar-refractivity contribution in [2.45, 2.75) is 32.2 Å². The second-order valence-corrected chi connectivity index (χ2v) is 5.44. The van der Waals surface area contributed by atoms with Crippen LogP contribution in [0.1, 0.15) is 36.5 Å². The lowest BCUT2D eigenvalue weighted by molar-refractivity contribution is 0.0910. The standard InChI is InChI=1S/C14H19ClFN3O/c1-2-5-19-6-3-11(4-7-19)18-14(20)12-8-10(16)9-17-13(12)15/h8-9,11H,2-7H2,1H3,(H,18,20). The summed E-state index contributed by atoms with van der Waals surface area (Å²) in [6.07, 6.45) is 3.96. The van der Waals surface area contributed by atoms with Crippen molar-refractivity contribution in [2.24, 2.45) is 0 Å². The Morgan fingerprint density at radius 2 is 2.25 bits per heavy atom. The number of nitrogens with zero attached hydrogens (tertiary/aromatic N) is 2. The number of halogens is 2. The predicted molar refractivity (Wildman–Crippen MR) is 76.4 cm³/mol. The van der Waals surface area contributed by atoms with Gasteiger partial charge in [-0.1, -0.05) is 18.5 Å². The van der Waals surface area contributed by atoms with E-state index in [-0.39, 0.29) is 22.7 Å². The van der Waals surface area contributed by atoms with Crippen LogP contribution in [-0.4, -0.2) is 41.5 Å². The lowest BCUT2D eigenvalue weighted by Crippen LogP contribution is -2.44. The molecule has 1 saturated heterocycles. The summed E-state index contributed by atoms with van der Waals surface area (Å²) in [5.41, 5.74) is 0.0997. The van der Waals surface area contributed by atoms with Crippen molar-refractivity contribution in [2.75, 3.05) is 19.6 Å². The number of hydrogen-bond acceptors (Lipinski definition) is 3. The molecule has 0 unspecified atom stereocenters. The Bertz CT molecular complexity index is 475. The molecular weight excluding hydrogens is 281 g/mol. The number of aromatic nitrogens is 1. The minimum absolute atomic E-state index is 0.0346. The molecular formula is C14H19ClFN3O. The number of amides is 1. The maximum absolute atomic E-state index is 13.1. The second kappa shape index (κ2) is 6.99. The number of carbonyl (C=O) groups excluding carboxylic acids is 1. The zero-order valence-electron chi connectivity index (χ0n) is 11.5. The van der Waals surface area contributed by atoms with Crippen LogP contribution < -0.4 is 5.32 Å². The molecule has 1 aliphatic heterocycles. The number of piperidine rings is 1. The molecule has 2 heterocycles. The topological polar surface area (TPSA) is 45.2 Å². The van der Waals surface area contributed by atoms with Gasteiger partial charge in [0.05, 0.1) is 11.8 Å². The zero-order chi connectivity index (χ0) is 14.5. The number of carbonyl (C=O) groups is 1. The summed E-state index contributed by atoms with van der Waals surface area (Å²) in [6.45, 7) is 5.22. The molecule has 0 aromatic carbocycles. The van der Waals surface area contributed by atoms with Gasteiger partial charge in [0.2, 0.25) is 0 Å². The Balaban J connectivity index is 1.91. The fourth-order valence-electron chi connectivity index (χ4n) is 2.46. The highest BCUT2D eigenvalue weighted by atomic mass is 35.5. The average molecular weight is 300 g/mol. The third-order valence-electron chi connectivity index (χ3n) is 3.51. The highest BCUT2D eigenvalue weighted by Gasteiger charge is 2.22. The van der Waals surface area contributed by atoms with E-state index in [1.807, 2.05) is 0 Å². The van der Waals surface area contributed by atoms with E-state index in [4.69, 9.17) is 11.6 Å². The first kappa shape index (κ1) is 15.2. The monoisotopic (exact) mass is 299 g/mol. The van der Waals surface area contributed by atoms with Crippen molar-refractivity contribution < 1.29 is 9.18 Å². The Hall–Kier alpha value is -1.20. The van der Waals surface area contributed by atoms with Crippen molar-refractivity contribution >= 4 is 17.5 Å². The fraction of sp³-hybridized carbons (Fsp3) is 0.571. The normalized spacial score (nSPS) is 17.1. The molecule has 1 amide bonds. The van der Waals surface area contributed by atoms with Gasteiger partial charge >= 0.3 is 0 Å². The van der Waals surface area contributed by atoms with E-state index in [0.29, 0.717) is 0 Å².